The summed E-state index contributed by atoms with van der Waals surface area (Å²) < 4.78 is 27.3. The molecule has 2 unspecified atom stereocenters. The molecule has 0 radical (unpaired) electrons. The van der Waals surface area contributed by atoms with Gasteiger partial charge in [-0.15, -0.1) is 0 Å². The summed E-state index contributed by atoms with van der Waals surface area (Å²) >= 11 is 0. The maximum Gasteiger partial charge on any atom is 0.245 e. The molecule has 5 nitrogen and oxygen atoms in total. The summed E-state index contributed by atoms with van der Waals surface area (Å²) in [5.41, 5.74) is 7.49. The van der Waals surface area contributed by atoms with Crippen molar-refractivity contribution in [2.75, 3.05) is 6.54 Å². The van der Waals surface area contributed by atoms with Gasteiger partial charge in [0.2, 0.25) is 10.0 Å². The van der Waals surface area contributed by atoms with Gasteiger partial charge in [-0.1, -0.05) is 12.1 Å². The fourth-order valence-corrected chi connectivity index (χ4v) is 4.71. The molecule has 0 amide bonds. The smallest absolute Gasteiger partial charge is 0.245 e. The van der Waals surface area contributed by atoms with Crippen LogP contribution in [0.5, 0.6) is 0 Å². The lowest BCUT2D eigenvalue weighted by atomic mass is 10.2. The van der Waals surface area contributed by atoms with E-state index in [9.17, 15) is 8.42 Å². The molecule has 112 valence electrons. The molecule has 0 bridgehead atoms. The molecule has 1 aliphatic heterocycles. The highest BCUT2D eigenvalue weighted by atomic mass is 32.2. The van der Waals surface area contributed by atoms with Gasteiger partial charge in [0.05, 0.1) is 5.52 Å². The monoisotopic (exact) mass is 305 g/mol. The van der Waals surface area contributed by atoms with Crippen molar-refractivity contribution in [3.05, 3.63) is 36.0 Å². The fraction of sp³-hybridized carbons (Fsp3) is 0.400. The topological polar surface area (TPSA) is 76.3 Å². The van der Waals surface area contributed by atoms with E-state index in [1.807, 2.05) is 26.0 Å². The van der Waals surface area contributed by atoms with E-state index in [0.29, 0.717) is 18.5 Å². The second-order valence-corrected chi connectivity index (χ2v) is 7.51. The molecule has 2 aromatic rings. The molecule has 0 spiro atoms. The molecule has 1 aromatic carbocycles. The Bertz CT molecular complexity index is 789. The van der Waals surface area contributed by atoms with E-state index in [1.165, 1.54) is 4.31 Å². The van der Waals surface area contributed by atoms with Gasteiger partial charge < -0.3 is 5.73 Å². The highest BCUT2D eigenvalue weighted by Gasteiger charge is 2.38. The Labute approximate surface area is 124 Å². The van der Waals surface area contributed by atoms with Gasteiger partial charge in [0.15, 0.2) is 0 Å². The first-order valence-corrected chi connectivity index (χ1v) is 8.48. The first-order valence-electron chi connectivity index (χ1n) is 7.04. The second-order valence-electron chi connectivity index (χ2n) is 5.65. The van der Waals surface area contributed by atoms with Gasteiger partial charge in [0.25, 0.3) is 0 Å². The second kappa shape index (κ2) is 5.05. The number of nitrogens with two attached hydrogens (primary N) is 1. The fourth-order valence-electron chi connectivity index (χ4n) is 2.85. The van der Waals surface area contributed by atoms with Gasteiger partial charge in [-0.05, 0) is 38.0 Å². The minimum absolute atomic E-state index is 0.107. The van der Waals surface area contributed by atoms with Gasteiger partial charge in [-0.25, -0.2) is 8.42 Å². The molecular formula is C15H19N3O2S. The normalized spacial score (nSPS) is 23.8. The first-order chi connectivity index (χ1) is 9.91. The Hall–Kier alpha value is -1.50. The molecule has 21 heavy (non-hydrogen) atoms. The summed E-state index contributed by atoms with van der Waals surface area (Å²) in [4.78, 5) is 4.59. The molecule has 1 aromatic heterocycles. The molecule has 2 N–H and O–H groups in total. The van der Waals surface area contributed by atoms with Crippen LogP contribution in [0.15, 0.2) is 35.4 Å². The number of sulfonamides is 1. The number of fused-ring (bicyclic) bond motifs is 1. The van der Waals surface area contributed by atoms with E-state index in [2.05, 4.69) is 4.98 Å². The molecule has 1 aliphatic rings. The van der Waals surface area contributed by atoms with Crippen LogP contribution in [0.2, 0.25) is 0 Å². The van der Waals surface area contributed by atoms with Crippen LogP contribution in [0, 0.1) is 6.92 Å². The number of aromatic nitrogens is 1. The average Bonchev–Trinajstić information content (AvgIpc) is 2.78. The summed E-state index contributed by atoms with van der Waals surface area (Å²) in [6.45, 7) is 4.26. The lowest BCUT2D eigenvalue weighted by Crippen LogP contribution is -2.40. The van der Waals surface area contributed by atoms with Crippen molar-refractivity contribution >= 4 is 20.9 Å². The van der Waals surface area contributed by atoms with E-state index in [-0.39, 0.29) is 17.0 Å². The van der Waals surface area contributed by atoms with Crippen LogP contribution in [0.4, 0.5) is 0 Å². The average molecular weight is 305 g/mol. The molecule has 0 aliphatic carbocycles. The largest absolute Gasteiger partial charge is 0.326 e. The van der Waals surface area contributed by atoms with Crippen LogP contribution in [0.3, 0.4) is 0 Å². The molecule has 2 atom stereocenters. The SMILES string of the molecule is Cc1cnc2c(S(=O)(=O)N3CCC(N)C3C)cccc2c1. The Morgan fingerprint density at radius 1 is 1.38 bits per heavy atom. The predicted octanol–water partition coefficient (Wildman–Crippen LogP) is 1.65. The number of benzene rings is 1. The quantitative estimate of drug-likeness (QED) is 0.915. The minimum Gasteiger partial charge on any atom is -0.326 e. The van der Waals surface area contributed by atoms with Crippen LogP contribution < -0.4 is 5.73 Å². The zero-order chi connectivity index (χ0) is 15.2. The van der Waals surface area contributed by atoms with Crippen molar-refractivity contribution in [2.45, 2.75) is 37.2 Å². The van der Waals surface area contributed by atoms with Crippen molar-refractivity contribution in [1.82, 2.24) is 9.29 Å². The van der Waals surface area contributed by atoms with Crippen LogP contribution >= 0.6 is 0 Å². The van der Waals surface area contributed by atoms with Crippen LogP contribution in [-0.4, -0.2) is 36.3 Å². The van der Waals surface area contributed by atoms with E-state index in [1.54, 1.807) is 18.3 Å². The summed E-state index contributed by atoms with van der Waals surface area (Å²) in [6, 6.07) is 6.92. The maximum absolute atomic E-state index is 12.9. The van der Waals surface area contributed by atoms with Crippen LogP contribution in [0.1, 0.15) is 18.9 Å². The third-order valence-corrected chi connectivity index (χ3v) is 6.17. The Balaban J connectivity index is 2.16. The van der Waals surface area contributed by atoms with Crippen molar-refractivity contribution in [2.24, 2.45) is 5.73 Å². The zero-order valence-corrected chi connectivity index (χ0v) is 13.0. The highest BCUT2D eigenvalue weighted by Crippen LogP contribution is 2.29. The van der Waals surface area contributed by atoms with Crippen molar-refractivity contribution in [1.29, 1.82) is 0 Å². The van der Waals surface area contributed by atoms with Gasteiger partial charge in [-0.2, -0.15) is 4.31 Å². The van der Waals surface area contributed by atoms with Gasteiger partial charge in [0, 0.05) is 30.2 Å². The molecule has 1 fully saturated rings. The van der Waals surface area contributed by atoms with Gasteiger partial charge in [0.1, 0.15) is 4.90 Å². The Kier molecular flexibility index (Phi) is 3.47. The molecule has 0 saturated carbocycles. The summed E-state index contributed by atoms with van der Waals surface area (Å²) in [6.07, 6.45) is 2.39. The number of hydrogen-bond acceptors (Lipinski definition) is 4. The third-order valence-electron chi connectivity index (χ3n) is 4.15. The number of pyridine rings is 1. The molecule has 6 heteroatoms. The van der Waals surface area contributed by atoms with Crippen LogP contribution in [-0.2, 0) is 10.0 Å². The summed E-state index contributed by atoms with van der Waals surface area (Å²) in [5.74, 6) is 0. The van der Waals surface area contributed by atoms with Gasteiger partial charge in [-0.3, -0.25) is 4.98 Å². The lowest BCUT2D eigenvalue weighted by molar-refractivity contribution is 0.393. The van der Waals surface area contributed by atoms with E-state index in [4.69, 9.17) is 5.73 Å². The Morgan fingerprint density at radius 2 is 2.14 bits per heavy atom. The third kappa shape index (κ3) is 2.33. The van der Waals surface area contributed by atoms with E-state index in [0.717, 1.165) is 10.9 Å². The first kappa shape index (κ1) is 14.4. The Morgan fingerprint density at radius 3 is 2.81 bits per heavy atom. The van der Waals surface area contributed by atoms with E-state index < -0.39 is 10.0 Å². The zero-order valence-electron chi connectivity index (χ0n) is 12.2. The summed E-state index contributed by atoms with van der Waals surface area (Å²) in [7, 11) is -3.57. The standard InChI is InChI=1S/C15H19N3O2S/c1-10-8-12-4-3-5-14(15(12)17-9-10)21(19,20)18-7-6-13(16)11(18)2/h3-5,8-9,11,13H,6-7,16H2,1-2H3. The molecule has 3 rings (SSSR count). The maximum atomic E-state index is 12.9. The minimum atomic E-state index is -3.57. The molecular weight excluding hydrogens is 286 g/mol. The van der Waals surface area contributed by atoms with Crippen molar-refractivity contribution in [3.63, 3.8) is 0 Å². The predicted molar refractivity (Wildman–Crippen MR) is 82.4 cm³/mol. The van der Waals surface area contributed by atoms with Crippen molar-refractivity contribution in [3.8, 4) is 0 Å². The highest BCUT2D eigenvalue weighted by molar-refractivity contribution is 7.89. The molecule has 2 heterocycles. The number of para-hydroxylation sites is 1. The lowest BCUT2D eigenvalue weighted by Gasteiger charge is -2.23. The van der Waals surface area contributed by atoms with E-state index >= 15 is 0 Å². The van der Waals surface area contributed by atoms with Gasteiger partial charge >= 0.3 is 0 Å². The number of nitrogens with zero attached hydrogens (tertiary/aromatic N) is 2. The number of rotatable bonds is 2. The number of aryl methyl sites for hydroxylation is 1. The van der Waals surface area contributed by atoms with Crippen LogP contribution in [0.25, 0.3) is 10.9 Å². The number of hydrogen-bond donors (Lipinski definition) is 1. The van der Waals surface area contributed by atoms with Crippen molar-refractivity contribution < 1.29 is 8.42 Å². The molecule has 1 saturated heterocycles. The summed E-state index contributed by atoms with van der Waals surface area (Å²) in [5, 5.41) is 0.840.